The largest absolute Gasteiger partial charge is 0.508 e. The molecule has 0 saturated carbocycles. The molecule has 4 heteroatoms. The Morgan fingerprint density at radius 1 is 0.839 bits per heavy atom. The highest BCUT2D eigenvalue weighted by Crippen LogP contribution is 2.41. The number of benzene rings is 3. The highest BCUT2D eigenvalue weighted by atomic mass is 16.3. The van der Waals surface area contributed by atoms with E-state index in [4.69, 9.17) is 9.40 Å². The van der Waals surface area contributed by atoms with E-state index in [0.29, 0.717) is 0 Å². The average Bonchev–Trinajstić information content (AvgIpc) is 3.28. The zero-order chi connectivity index (χ0) is 21.3. The molecule has 0 amide bonds. The number of para-hydroxylation sites is 1. The van der Waals surface area contributed by atoms with Crippen LogP contribution in [-0.2, 0) is 5.41 Å². The molecular weight excluding hydrogens is 384 g/mol. The van der Waals surface area contributed by atoms with Gasteiger partial charge in [0.15, 0.2) is 0 Å². The molecule has 0 fully saturated rings. The summed E-state index contributed by atoms with van der Waals surface area (Å²) in [6.45, 7) is 6.59. The van der Waals surface area contributed by atoms with Gasteiger partial charge in [0.05, 0.1) is 16.4 Å². The van der Waals surface area contributed by atoms with E-state index in [1.165, 1.54) is 5.56 Å². The van der Waals surface area contributed by atoms with Crippen molar-refractivity contribution in [2.45, 2.75) is 26.2 Å². The molecule has 0 spiro atoms. The number of phenolic OH excluding ortho intramolecular Hbond substituents is 1. The summed E-state index contributed by atoms with van der Waals surface area (Å²) in [4.78, 5) is 4.70. The summed E-state index contributed by atoms with van der Waals surface area (Å²) in [5, 5.41) is 14.5. The van der Waals surface area contributed by atoms with E-state index in [1.54, 1.807) is 12.1 Å². The maximum Gasteiger partial charge on any atom is 0.145 e. The van der Waals surface area contributed by atoms with Gasteiger partial charge < -0.3 is 9.52 Å². The van der Waals surface area contributed by atoms with Crippen molar-refractivity contribution in [3.05, 3.63) is 78.5 Å². The maximum atomic E-state index is 10.3. The van der Waals surface area contributed by atoms with E-state index in [-0.39, 0.29) is 11.2 Å². The van der Waals surface area contributed by atoms with Gasteiger partial charge in [-0.15, -0.1) is 0 Å². The van der Waals surface area contributed by atoms with Gasteiger partial charge in [0.2, 0.25) is 0 Å². The molecule has 0 radical (unpaired) electrons. The molecule has 0 bridgehead atoms. The van der Waals surface area contributed by atoms with E-state index in [0.717, 1.165) is 49.6 Å². The summed E-state index contributed by atoms with van der Waals surface area (Å²) in [5.74, 6) is 1.05. The molecule has 3 aromatic carbocycles. The number of furan rings is 1. The zero-order valence-electron chi connectivity index (χ0n) is 17.7. The third-order valence-corrected chi connectivity index (χ3v) is 6.10. The number of rotatable bonds is 1. The number of hydrogen-bond donors (Lipinski definition) is 1. The standard InChI is InChI=1S/C27H22N2O2/c1-27(2,3)16-12-13-28-24(14-16)29-21-11-10-19-18-6-4-5-7-23(18)31-26(19)25(21)20-9-8-17(30)15-22(20)29/h4-15,30H,1-3H3. The summed E-state index contributed by atoms with van der Waals surface area (Å²) in [6.07, 6.45) is 1.86. The SMILES string of the molecule is CC(C)(C)c1ccnc(-n2c3cc(O)ccc3c3c4oc5ccccc5c4ccc32)c1. The number of aromatic hydroxyl groups is 1. The Hall–Kier alpha value is -3.79. The quantitative estimate of drug-likeness (QED) is 0.317. The minimum atomic E-state index is 0.00455. The van der Waals surface area contributed by atoms with Crippen LogP contribution in [-0.4, -0.2) is 14.7 Å². The van der Waals surface area contributed by atoms with Crippen molar-refractivity contribution in [1.29, 1.82) is 0 Å². The number of hydrogen-bond acceptors (Lipinski definition) is 3. The van der Waals surface area contributed by atoms with Crippen molar-refractivity contribution in [2.75, 3.05) is 0 Å². The number of pyridine rings is 1. The van der Waals surface area contributed by atoms with Gasteiger partial charge in [-0.1, -0.05) is 39.0 Å². The van der Waals surface area contributed by atoms with Crippen molar-refractivity contribution < 1.29 is 9.52 Å². The van der Waals surface area contributed by atoms with Crippen molar-refractivity contribution in [3.8, 4) is 11.6 Å². The molecular formula is C27H22N2O2. The lowest BCUT2D eigenvalue weighted by molar-refractivity contribution is 0.476. The van der Waals surface area contributed by atoms with Crippen LogP contribution >= 0.6 is 0 Å². The predicted molar refractivity (Wildman–Crippen MR) is 126 cm³/mol. The molecule has 0 aliphatic heterocycles. The third kappa shape index (κ3) is 2.58. The van der Waals surface area contributed by atoms with Crippen molar-refractivity contribution >= 4 is 43.7 Å². The normalized spacial score (nSPS) is 12.5. The van der Waals surface area contributed by atoms with Crippen molar-refractivity contribution in [2.24, 2.45) is 0 Å². The summed E-state index contributed by atoms with van der Waals surface area (Å²) in [6, 6.07) is 22.0. The van der Waals surface area contributed by atoms with E-state index in [1.807, 2.05) is 30.5 Å². The molecule has 0 aliphatic rings. The van der Waals surface area contributed by atoms with Crippen LogP contribution in [0.3, 0.4) is 0 Å². The molecule has 3 aromatic heterocycles. The van der Waals surface area contributed by atoms with E-state index in [9.17, 15) is 5.11 Å². The lowest BCUT2D eigenvalue weighted by atomic mass is 9.88. The second-order valence-electron chi connectivity index (χ2n) is 9.12. The summed E-state index contributed by atoms with van der Waals surface area (Å²) in [7, 11) is 0. The number of phenols is 1. The molecule has 4 nitrogen and oxygen atoms in total. The fourth-order valence-corrected chi connectivity index (χ4v) is 4.53. The smallest absolute Gasteiger partial charge is 0.145 e. The minimum absolute atomic E-state index is 0.00455. The van der Waals surface area contributed by atoms with Gasteiger partial charge in [0.25, 0.3) is 0 Å². The lowest BCUT2D eigenvalue weighted by Crippen LogP contribution is -2.12. The summed E-state index contributed by atoms with van der Waals surface area (Å²) in [5.41, 5.74) is 4.85. The van der Waals surface area contributed by atoms with Crippen molar-refractivity contribution in [1.82, 2.24) is 9.55 Å². The van der Waals surface area contributed by atoms with Crippen molar-refractivity contribution in [3.63, 3.8) is 0 Å². The first-order valence-electron chi connectivity index (χ1n) is 10.5. The molecule has 0 unspecified atom stereocenters. The van der Waals surface area contributed by atoms with E-state index < -0.39 is 0 Å². The molecule has 1 N–H and O–H groups in total. The average molecular weight is 406 g/mol. The van der Waals surface area contributed by atoms with Gasteiger partial charge in [-0.2, -0.15) is 0 Å². The molecule has 3 heterocycles. The first-order valence-corrected chi connectivity index (χ1v) is 10.5. The summed E-state index contributed by atoms with van der Waals surface area (Å²) >= 11 is 0. The molecule has 6 aromatic rings. The highest BCUT2D eigenvalue weighted by molar-refractivity contribution is 6.23. The van der Waals surface area contributed by atoms with Gasteiger partial charge in [-0.25, -0.2) is 4.98 Å². The van der Waals surface area contributed by atoms with Crippen LogP contribution in [0.5, 0.6) is 5.75 Å². The van der Waals surface area contributed by atoms with Gasteiger partial charge in [0, 0.05) is 28.4 Å². The molecule has 6 rings (SSSR count). The zero-order valence-corrected chi connectivity index (χ0v) is 17.7. The minimum Gasteiger partial charge on any atom is -0.508 e. The first kappa shape index (κ1) is 18.0. The molecule has 0 aliphatic carbocycles. The van der Waals surface area contributed by atoms with Gasteiger partial charge in [-0.3, -0.25) is 4.57 Å². The molecule has 0 atom stereocenters. The van der Waals surface area contributed by atoms with Gasteiger partial charge >= 0.3 is 0 Å². The van der Waals surface area contributed by atoms with Crippen LogP contribution < -0.4 is 0 Å². The van der Waals surface area contributed by atoms with Crippen LogP contribution in [0.25, 0.3) is 49.6 Å². The topological polar surface area (TPSA) is 51.2 Å². The van der Waals surface area contributed by atoms with Crippen LogP contribution in [0.4, 0.5) is 0 Å². The molecule has 152 valence electrons. The monoisotopic (exact) mass is 406 g/mol. The number of nitrogens with zero attached hydrogens (tertiary/aromatic N) is 2. The van der Waals surface area contributed by atoms with Gasteiger partial charge in [-0.05, 0) is 53.4 Å². The lowest BCUT2D eigenvalue weighted by Gasteiger charge is -2.20. The number of aromatic nitrogens is 2. The van der Waals surface area contributed by atoms with E-state index in [2.05, 4.69) is 55.7 Å². The highest BCUT2D eigenvalue weighted by Gasteiger charge is 2.21. The van der Waals surface area contributed by atoms with Crippen LogP contribution in [0.15, 0.2) is 77.3 Å². The first-order chi connectivity index (χ1) is 14.9. The third-order valence-electron chi connectivity index (χ3n) is 6.10. The molecule has 31 heavy (non-hydrogen) atoms. The van der Waals surface area contributed by atoms with Gasteiger partial charge in [0.1, 0.15) is 22.7 Å². The Bertz CT molecular complexity index is 1630. The van der Waals surface area contributed by atoms with Crippen LogP contribution in [0, 0.1) is 0 Å². The Balaban J connectivity index is 1.79. The Morgan fingerprint density at radius 3 is 2.48 bits per heavy atom. The Kier molecular flexibility index (Phi) is 3.55. The second kappa shape index (κ2) is 6.11. The van der Waals surface area contributed by atoms with E-state index >= 15 is 0 Å². The molecule has 0 saturated heterocycles. The Morgan fingerprint density at radius 2 is 1.65 bits per heavy atom. The summed E-state index contributed by atoms with van der Waals surface area (Å²) < 4.78 is 8.45. The second-order valence-corrected chi connectivity index (χ2v) is 9.12. The fraction of sp³-hybridized carbons (Fsp3) is 0.148. The Labute approximate surface area is 179 Å². The number of fused-ring (bicyclic) bond motifs is 7. The van der Waals surface area contributed by atoms with Crippen LogP contribution in [0.2, 0.25) is 0 Å². The van der Waals surface area contributed by atoms with Crippen LogP contribution in [0.1, 0.15) is 26.3 Å². The fourth-order valence-electron chi connectivity index (χ4n) is 4.53. The predicted octanol–water partition coefficient (Wildman–Crippen LogP) is 7.08. The maximum absolute atomic E-state index is 10.3.